The molecule has 4 heteroatoms. The molecule has 5 rings (SSSR count). The first-order chi connectivity index (χ1) is 10.5. The molecule has 4 aliphatic rings. The molecule has 0 saturated heterocycles. The maximum Gasteiger partial charge on any atom is 0.230 e. The molecular formula is C18H22BrNO2. The van der Waals surface area contributed by atoms with Crippen LogP contribution in [0.25, 0.3) is 0 Å². The van der Waals surface area contributed by atoms with Gasteiger partial charge >= 0.3 is 0 Å². The van der Waals surface area contributed by atoms with Crippen molar-refractivity contribution >= 4 is 27.5 Å². The van der Waals surface area contributed by atoms with Crippen LogP contribution in [0.4, 0.5) is 5.69 Å². The third-order valence-corrected chi connectivity index (χ3v) is 6.75. The van der Waals surface area contributed by atoms with Crippen LogP contribution in [0.2, 0.25) is 0 Å². The van der Waals surface area contributed by atoms with Gasteiger partial charge in [0.1, 0.15) is 5.75 Å². The summed E-state index contributed by atoms with van der Waals surface area (Å²) in [4.78, 5) is 13.1. The Balaban J connectivity index is 1.60. The van der Waals surface area contributed by atoms with E-state index in [0.717, 1.165) is 30.7 Å². The van der Waals surface area contributed by atoms with E-state index < -0.39 is 0 Å². The van der Waals surface area contributed by atoms with Gasteiger partial charge in [0.05, 0.1) is 18.2 Å². The highest BCUT2D eigenvalue weighted by molar-refractivity contribution is 9.10. The molecule has 22 heavy (non-hydrogen) atoms. The van der Waals surface area contributed by atoms with E-state index in [2.05, 4.69) is 21.2 Å². The smallest absolute Gasteiger partial charge is 0.230 e. The van der Waals surface area contributed by atoms with Gasteiger partial charge in [0, 0.05) is 4.32 Å². The van der Waals surface area contributed by atoms with Crippen molar-refractivity contribution in [2.24, 2.45) is 17.3 Å². The fourth-order valence-electron chi connectivity index (χ4n) is 5.42. The zero-order valence-electron chi connectivity index (χ0n) is 12.9. The molecule has 4 fully saturated rings. The lowest BCUT2D eigenvalue weighted by molar-refractivity contribution is -0.138. The van der Waals surface area contributed by atoms with Crippen LogP contribution in [0, 0.1) is 17.3 Å². The molecule has 0 aromatic heterocycles. The molecule has 4 atom stereocenters. The fourth-order valence-corrected chi connectivity index (χ4v) is 6.87. The van der Waals surface area contributed by atoms with E-state index in [1.54, 1.807) is 7.11 Å². The molecule has 1 aromatic carbocycles. The summed E-state index contributed by atoms with van der Waals surface area (Å²) in [7, 11) is 1.64. The lowest BCUT2D eigenvalue weighted by Crippen LogP contribution is -2.57. The van der Waals surface area contributed by atoms with Crippen molar-refractivity contribution in [1.29, 1.82) is 0 Å². The quantitative estimate of drug-likeness (QED) is 0.809. The molecule has 0 heterocycles. The normalized spacial score (nSPS) is 38.8. The summed E-state index contributed by atoms with van der Waals surface area (Å²) in [6, 6.07) is 7.67. The Hall–Kier alpha value is -1.03. The minimum atomic E-state index is -0.186. The number of methoxy groups -OCH3 is 1. The largest absolute Gasteiger partial charge is 0.495 e. The first kappa shape index (κ1) is 14.6. The molecule has 0 spiro atoms. The Morgan fingerprint density at radius 2 is 1.91 bits per heavy atom. The minimum absolute atomic E-state index is 0.186. The van der Waals surface area contributed by atoms with Crippen LogP contribution in [-0.2, 0) is 4.79 Å². The monoisotopic (exact) mass is 363 g/mol. The average Bonchev–Trinajstić information content (AvgIpc) is 2.45. The lowest BCUT2D eigenvalue weighted by atomic mass is 9.49. The van der Waals surface area contributed by atoms with Gasteiger partial charge in [-0.3, -0.25) is 4.79 Å². The first-order valence-corrected chi connectivity index (χ1v) is 8.95. The minimum Gasteiger partial charge on any atom is -0.495 e. The van der Waals surface area contributed by atoms with E-state index in [0.29, 0.717) is 11.8 Å². The van der Waals surface area contributed by atoms with Crippen LogP contribution in [-0.4, -0.2) is 17.3 Å². The van der Waals surface area contributed by atoms with Crippen molar-refractivity contribution in [3.05, 3.63) is 24.3 Å². The third kappa shape index (κ3) is 2.27. The second-order valence-corrected chi connectivity index (χ2v) is 9.23. The van der Waals surface area contributed by atoms with E-state index in [1.165, 1.54) is 19.3 Å². The summed E-state index contributed by atoms with van der Waals surface area (Å²) in [5, 5.41) is 3.15. The van der Waals surface area contributed by atoms with Crippen LogP contribution in [0.1, 0.15) is 38.5 Å². The predicted octanol–water partition coefficient (Wildman–Crippen LogP) is 4.37. The van der Waals surface area contributed by atoms with Gasteiger partial charge in [-0.2, -0.15) is 0 Å². The van der Waals surface area contributed by atoms with Gasteiger partial charge in [-0.1, -0.05) is 28.1 Å². The number of nitrogens with one attached hydrogen (secondary N) is 1. The number of para-hydroxylation sites is 2. The molecule has 1 aromatic rings. The summed E-state index contributed by atoms with van der Waals surface area (Å²) in [5.41, 5.74) is 0.600. The molecule has 4 bridgehead atoms. The van der Waals surface area contributed by atoms with Crippen molar-refractivity contribution in [3.8, 4) is 5.75 Å². The zero-order valence-corrected chi connectivity index (χ0v) is 14.5. The van der Waals surface area contributed by atoms with Crippen molar-refractivity contribution in [2.75, 3.05) is 12.4 Å². The Kier molecular flexibility index (Phi) is 3.30. The molecule has 0 radical (unpaired) electrons. The van der Waals surface area contributed by atoms with Gasteiger partial charge < -0.3 is 10.1 Å². The fraction of sp³-hybridized carbons (Fsp3) is 0.611. The first-order valence-electron chi connectivity index (χ1n) is 8.15. The topological polar surface area (TPSA) is 38.3 Å². The Bertz CT molecular complexity index is 601. The molecule has 4 aliphatic carbocycles. The lowest BCUT2D eigenvalue weighted by Gasteiger charge is -2.59. The molecule has 2 unspecified atom stereocenters. The molecule has 118 valence electrons. The highest BCUT2D eigenvalue weighted by atomic mass is 79.9. The summed E-state index contributed by atoms with van der Waals surface area (Å²) in [6.07, 6.45) is 6.89. The summed E-state index contributed by atoms with van der Waals surface area (Å²) < 4.78 is 5.56. The number of amides is 1. The summed E-state index contributed by atoms with van der Waals surface area (Å²) >= 11 is 3.97. The van der Waals surface area contributed by atoms with Crippen LogP contribution in [0.15, 0.2) is 24.3 Å². The number of anilines is 1. The Labute approximate surface area is 139 Å². The van der Waals surface area contributed by atoms with Gasteiger partial charge in [-0.25, -0.2) is 0 Å². The van der Waals surface area contributed by atoms with Gasteiger partial charge in [-0.15, -0.1) is 0 Å². The van der Waals surface area contributed by atoms with Gasteiger partial charge in [-0.05, 0) is 62.5 Å². The molecule has 4 saturated carbocycles. The Morgan fingerprint density at radius 1 is 1.23 bits per heavy atom. The highest BCUT2D eigenvalue weighted by Gasteiger charge is 2.59. The van der Waals surface area contributed by atoms with E-state index >= 15 is 0 Å². The molecule has 0 aliphatic heterocycles. The van der Waals surface area contributed by atoms with Crippen LogP contribution >= 0.6 is 15.9 Å². The number of alkyl halides is 1. The van der Waals surface area contributed by atoms with Crippen molar-refractivity contribution in [3.63, 3.8) is 0 Å². The second-order valence-electron chi connectivity index (χ2n) is 7.55. The number of hydrogen-bond acceptors (Lipinski definition) is 2. The molecule has 1 N–H and O–H groups in total. The van der Waals surface area contributed by atoms with E-state index in [4.69, 9.17) is 4.74 Å². The maximum absolute atomic E-state index is 13.1. The van der Waals surface area contributed by atoms with Crippen molar-refractivity contribution < 1.29 is 9.53 Å². The van der Waals surface area contributed by atoms with Gasteiger partial charge in [0.25, 0.3) is 0 Å². The van der Waals surface area contributed by atoms with E-state index in [9.17, 15) is 4.79 Å². The predicted molar refractivity (Wildman–Crippen MR) is 90.4 cm³/mol. The van der Waals surface area contributed by atoms with Crippen molar-refractivity contribution in [2.45, 2.75) is 42.8 Å². The van der Waals surface area contributed by atoms with Gasteiger partial charge in [0.15, 0.2) is 0 Å². The third-order valence-electron chi connectivity index (χ3n) is 5.83. The van der Waals surface area contributed by atoms with Crippen LogP contribution < -0.4 is 10.1 Å². The number of hydrogen-bond donors (Lipinski definition) is 1. The van der Waals surface area contributed by atoms with Gasteiger partial charge in [0.2, 0.25) is 5.91 Å². The average molecular weight is 364 g/mol. The SMILES string of the molecule is COc1ccccc1NC(=O)C12C[C@@H]3C[C@@H](CC(Br)(C3)C1)C2. The Morgan fingerprint density at radius 3 is 2.55 bits per heavy atom. The number of ether oxygens (including phenoxy) is 1. The zero-order chi connectivity index (χ0) is 15.4. The number of halogens is 1. The number of benzene rings is 1. The maximum atomic E-state index is 13.1. The molecule has 3 nitrogen and oxygen atoms in total. The van der Waals surface area contributed by atoms with E-state index in [-0.39, 0.29) is 15.6 Å². The van der Waals surface area contributed by atoms with Crippen LogP contribution in [0.5, 0.6) is 5.75 Å². The molecule has 1 amide bonds. The standard InChI is InChI=1S/C18H22BrNO2/c1-22-15-5-3-2-4-14(15)20-16(21)17-7-12-6-13(8-17)10-18(19,9-12)11-17/h2-5,12-13H,6-11H2,1H3,(H,20,21)/t12-,13+,17?,18?. The number of carbonyl (C=O) groups excluding carboxylic acids is 1. The van der Waals surface area contributed by atoms with E-state index in [1.807, 2.05) is 24.3 Å². The van der Waals surface area contributed by atoms with Crippen LogP contribution in [0.3, 0.4) is 0 Å². The summed E-state index contributed by atoms with van der Waals surface area (Å²) in [6.45, 7) is 0. The summed E-state index contributed by atoms with van der Waals surface area (Å²) in [5.74, 6) is 2.34. The molecular weight excluding hydrogens is 342 g/mol. The van der Waals surface area contributed by atoms with Crippen molar-refractivity contribution in [1.82, 2.24) is 0 Å². The number of rotatable bonds is 3. The second kappa shape index (κ2) is 4.98. The highest BCUT2D eigenvalue weighted by Crippen LogP contribution is 2.64. The number of carbonyl (C=O) groups is 1.